The van der Waals surface area contributed by atoms with Crippen molar-refractivity contribution in [1.29, 1.82) is 0 Å². The highest BCUT2D eigenvalue weighted by molar-refractivity contribution is 5.76. The lowest BCUT2D eigenvalue weighted by Gasteiger charge is -2.18. The molecule has 0 aromatic carbocycles. The summed E-state index contributed by atoms with van der Waals surface area (Å²) < 4.78 is 0. The Kier molecular flexibility index (Phi) is 6.81. The Morgan fingerprint density at radius 2 is 2.13 bits per heavy atom. The number of terminal acetylenes is 1. The first kappa shape index (κ1) is 14.0. The van der Waals surface area contributed by atoms with Crippen LogP contribution < -0.4 is 11.1 Å². The van der Waals surface area contributed by atoms with E-state index in [-0.39, 0.29) is 18.0 Å². The Balaban J connectivity index is 3.97. The van der Waals surface area contributed by atoms with E-state index in [1.54, 1.807) is 0 Å². The van der Waals surface area contributed by atoms with Crippen molar-refractivity contribution < 1.29 is 4.79 Å². The third kappa shape index (κ3) is 6.14. The Hall–Kier alpha value is -1.01. The zero-order chi connectivity index (χ0) is 11.8. The fourth-order valence-corrected chi connectivity index (χ4v) is 1.18. The third-order valence-electron chi connectivity index (χ3n) is 2.50. The van der Waals surface area contributed by atoms with Crippen LogP contribution in [0.1, 0.15) is 40.0 Å². The number of carbonyl (C=O) groups excluding carboxylic acids is 1. The highest BCUT2D eigenvalue weighted by atomic mass is 16.1. The van der Waals surface area contributed by atoms with Crippen molar-refractivity contribution in [3.63, 3.8) is 0 Å². The normalized spacial score (nSPS) is 14.4. The predicted octanol–water partition coefficient (Wildman–Crippen LogP) is 1.28. The highest BCUT2D eigenvalue weighted by Gasteiger charge is 2.15. The number of nitrogens with two attached hydrogens (primary N) is 1. The summed E-state index contributed by atoms with van der Waals surface area (Å²) in [6.07, 6.45) is 7.01. The first-order valence-electron chi connectivity index (χ1n) is 5.49. The molecule has 0 aliphatic heterocycles. The van der Waals surface area contributed by atoms with Gasteiger partial charge in [0, 0.05) is 24.9 Å². The monoisotopic (exact) mass is 210 g/mol. The lowest BCUT2D eigenvalue weighted by Crippen LogP contribution is -2.39. The fourth-order valence-electron chi connectivity index (χ4n) is 1.18. The van der Waals surface area contributed by atoms with E-state index in [0.29, 0.717) is 18.8 Å². The largest absolute Gasteiger partial charge is 0.352 e. The minimum absolute atomic E-state index is 0.00157. The van der Waals surface area contributed by atoms with E-state index in [2.05, 4.69) is 11.2 Å². The van der Waals surface area contributed by atoms with Crippen LogP contribution in [0.3, 0.4) is 0 Å². The maximum absolute atomic E-state index is 11.5. The second-order valence-corrected chi connectivity index (χ2v) is 4.19. The Labute approximate surface area is 92.8 Å². The second-order valence-electron chi connectivity index (χ2n) is 4.19. The third-order valence-corrected chi connectivity index (χ3v) is 2.50. The van der Waals surface area contributed by atoms with Crippen LogP contribution in [0.15, 0.2) is 0 Å². The topological polar surface area (TPSA) is 55.1 Å². The molecule has 0 aromatic heterocycles. The lowest BCUT2D eigenvalue weighted by atomic mass is 10.0. The zero-order valence-corrected chi connectivity index (χ0v) is 9.92. The van der Waals surface area contributed by atoms with E-state index in [1.165, 1.54) is 0 Å². The molecular formula is C12H22N2O. The van der Waals surface area contributed by atoms with E-state index in [0.717, 1.165) is 6.42 Å². The van der Waals surface area contributed by atoms with Gasteiger partial charge in [0.25, 0.3) is 0 Å². The molecule has 0 heterocycles. The zero-order valence-electron chi connectivity index (χ0n) is 9.92. The van der Waals surface area contributed by atoms with Crippen LogP contribution in [0.25, 0.3) is 0 Å². The molecule has 1 amide bonds. The summed E-state index contributed by atoms with van der Waals surface area (Å²) in [5.41, 5.74) is 5.81. The summed E-state index contributed by atoms with van der Waals surface area (Å²) in [6, 6.07) is 0.00945. The molecule has 0 rings (SSSR count). The fraction of sp³-hybridized carbons (Fsp3) is 0.750. The maximum atomic E-state index is 11.5. The van der Waals surface area contributed by atoms with Gasteiger partial charge in [-0.1, -0.05) is 20.8 Å². The Bertz CT molecular complexity index is 230. The van der Waals surface area contributed by atoms with E-state index in [1.807, 2.05) is 20.8 Å². The molecule has 0 saturated heterocycles. The molecule has 2 atom stereocenters. The molecule has 3 heteroatoms. The van der Waals surface area contributed by atoms with Gasteiger partial charge in [0.2, 0.25) is 5.91 Å². The van der Waals surface area contributed by atoms with Gasteiger partial charge in [0.1, 0.15) is 0 Å². The summed E-state index contributed by atoms with van der Waals surface area (Å²) in [6.45, 7) is 6.03. The number of hydrogen-bond donors (Lipinski definition) is 2. The second kappa shape index (κ2) is 7.30. The molecule has 0 radical (unpaired) electrons. The van der Waals surface area contributed by atoms with Crippen molar-refractivity contribution in [2.45, 2.75) is 52.1 Å². The molecule has 0 spiro atoms. The molecule has 0 bridgehead atoms. The van der Waals surface area contributed by atoms with Crippen LogP contribution in [0.4, 0.5) is 0 Å². The van der Waals surface area contributed by atoms with Crippen LogP contribution in [0.2, 0.25) is 0 Å². The summed E-state index contributed by atoms with van der Waals surface area (Å²) >= 11 is 0. The number of carbonyl (C=O) groups is 1. The van der Waals surface area contributed by atoms with Crippen LogP contribution in [-0.4, -0.2) is 18.0 Å². The standard InChI is InChI=1S/C12H22N2O/c1-5-7-10(6-2)14-12(15)8-11(13)9(3)4/h1,9-11H,6-8,13H2,2-4H3,(H,14,15). The van der Waals surface area contributed by atoms with Gasteiger partial charge in [-0.15, -0.1) is 12.3 Å². The molecule has 15 heavy (non-hydrogen) atoms. The lowest BCUT2D eigenvalue weighted by molar-refractivity contribution is -0.122. The Morgan fingerprint density at radius 1 is 1.53 bits per heavy atom. The van der Waals surface area contributed by atoms with Gasteiger partial charge in [-0.25, -0.2) is 0 Å². The van der Waals surface area contributed by atoms with Crippen LogP contribution in [0.5, 0.6) is 0 Å². The molecule has 2 unspecified atom stereocenters. The van der Waals surface area contributed by atoms with Gasteiger partial charge in [-0.3, -0.25) is 4.79 Å². The summed E-state index contributed by atoms with van der Waals surface area (Å²) in [5, 5.41) is 2.89. The van der Waals surface area contributed by atoms with Crippen molar-refractivity contribution in [3.8, 4) is 12.3 Å². The van der Waals surface area contributed by atoms with Crippen molar-refractivity contribution >= 4 is 5.91 Å². The molecule has 0 aromatic rings. The van der Waals surface area contributed by atoms with E-state index in [9.17, 15) is 4.79 Å². The first-order valence-corrected chi connectivity index (χ1v) is 5.49. The molecule has 0 aliphatic carbocycles. The maximum Gasteiger partial charge on any atom is 0.221 e. The number of amides is 1. The van der Waals surface area contributed by atoms with Gasteiger partial charge in [0.05, 0.1) is 0 Å². The molecule has 0 fully saturated rings. The molecule has 3 N–H and O–H groups in total. The van der Waals surface area contributed by atoms with Crippen LogP contribution in [-0.2, 0) is 4.79 Å². The average Bonchev–Trinajstić information content (AvgIpc) is 2.16. The SMILES string of the molecule is C#CCC(CC)NC(=O)CC(N)C(C)C. The minimum Gasteiger partial charge on any atom is -0.352 e. The number of nitrogens with one attached hydrogen (secondary N) is 1. The van der Waals surface area contributed by atoms with E-state index >= 15 is 0 Å². The van der Waals surface area contributed by atoms with Crippen molar-refractivity contribution in [2.24, 2.45) is 11.7 Å². The van der Waals surface area contributed by atoms with Gasteiger partial charge in [-0.05, 0) is 12.3 Å². The molecule has 0 saturated carbocycles. The molecule has 3 nitrogen and oxygen atoms in total. The average molecular weight is 210 g/mol. The number of rotatable bonds is 6. The van der Waals surface area contributed by atoms with Gasteiger partial charge in [-0.2, -0.15) is 0 Å². The van der Waals surface area contributed by atoms with Crippen molar-refractivity contribution in [2.75, 3.05) is 0 Å². The number of hydrogen-bond acceptors (Lipinski definition) is 2. The first-order chi connectivity index (χ1) is 7.01. The van der Waals surface area contributed by atoms with E-state index < -0.39 is 0 Å². The highest BCUT2D eigenvalue weighted by Crippen LogP contribution is 2.04. The quantitative estimate of drug-likeness (QED) is 0.649. The van der Waals surface area contributed by atoms with Crippen LogP contribution in [0, 0.1) is 18.3 Å². The molecule has 86 valence electrons. The summed E-state index contributed by atoms with van der Waals surface area (Å²) in [7, 11) is 0. The van der Waals surface area contributed by atoms with Gasteiger partial charge < -0.3 is 11.1 Å². The smallest absolute Gasteiger partial charge is 0.221 e. The predicted molar refractivity (Wildman–Crippen MR) is 63.1 cm³/mol. The van der Waals surface area contributed by atoms with Crippen LogP contribution >= 0.6 is 0 Å². The van der Waals surface area contributed by atoms with Crippen molar-refractivity contribution in [3.05, 3.63) is 0 Å². The molecule has 0 aliphatic rings. The van der Waals surface area contributed by atoms with E-state index in [4.69, 9.17) is 12.2 Å². The van der Waals surface area contributed by atoms with Gasteiger partial charge >= 0.3 is 0 Å². The minimum atomic E-state index is -0.0756. The Morgan fingerprint density at radius 3 is 2.53 bits per heavy atom. The molecular weight excluding hydrogens is 188 g/mol. The van der Waals surface area contributed by atoms with Gasteiger partial charge in [0.15, 0.2) is 0 Å². The van der Waals surface area contributed by atoms with Crippen molar-refractivity contribution in [1.82, 2.24) is 5.32 Å². The summed E-state index contributed by atoms with van der Waals surface area (Å²) in [5.74, 6) is 2.88. The summed E-state index contributed by atoms with van der Waals surface area (Å²) in [4.78, 5) is 11.5.